The SMILES string of the molecule is CCCCC(NC(=O)CN1C(=O)CSc2ccccc21)C(=O)O. The molecule has 0 saturated heterocycles. The number of benzene rings is 1. The number of rotatable bonds is 7. The van der Waals surface area contributed by atoms with E-state index in [1.54, 1.807) is 6.07 Å². The first kappa shape index (κ1) is 17.3. The van der Waals surface area contributed by atoms with Gasteiger partial charge in [-0.1, -0.05) is 31.9 Å². The third-order valence-electron chi connectivity index (χ3n) is 3.59. The summed E-state index contributed by atoms with van der Waals surface area (Å²) in [6.07, 6.45) is 1.96. The predicted molar refractivity (Wildman–Crippen MR) is 88.6 cm³/mol. The number of unbranched alkanes of at least 4 members (excludes halogenated alkanes) is 1. The number of anilines is 1. The molecule has 0 aromatic heterocycles. The van der Waals surface area contributed by atoms with E-state index in [2.05, 4.69) is 5.32 Å². The highest BCUT2D eigenvalue weighted by atomic mass is 32.2. The number of amides is 2. The van der Waals surface area contributed by atoms with Gasteiger partial charge in [0.25, 0.3) is 0 Å². The molecule has 1 aromatic carbocycles. The molecule has 23 heavy (non-hydrogen) atoms. The number of carbonyl (C=O) groups excluding carboxylic acids is 2. The van der Waals surface area contributed by atoms with Gasteiger partial charge in [-0.25, -0.2) is 4.79 Å². The lowest BCUT2D eigenvalue weighted by molar-refractivity contribution is -0.141. The molecule has 0 saturated carbocycles. The minimum Gasteiger partial charge on any atom is -0.480 e. The molecule has 0 bridgehead atoms. The highest BCUT2D eigenvalue weighted by molar-refractivity contribution is 8.00. The summed E-state index contributed by atoms with van der Waals surface area (Å²) in [7, 11) is 0. The normalized spacial score (nSPS) is 15.0. The Morgan fingerprint density at radius 2 is 2.13 bits per heavy atom. The molecule has 0 fully saturated rings. The maximum atomic E-state index is 12.2. The molecule has 2 N–H and O–H groups in total. The van der Waals surface area contributed by atoms with E-state index in [0.717, 1.165) is 17.7 Å². The van der Waals surface area contributed by atoms with Crippen molar-refractivity contribution < 1.29 is 19.5 Å². The molecule has 1 atom stereocenters. The number of carbonyl (C=O) groups is 3. The van der Waals surface area contributed by atoms with Crippen LogP contribution in [0.3, 0.4) is 0 Å². The first-order valence-corrected chi connectivity index (χ1v) is 8.55. The fourth-order valence-electron chi connectivity index (χ4n) is 2.38. The highest BCUT2D eigenvalue weighted by Crippen LogP contribution is 2.34. The molecule has 1 unspecified atom stereocenters. The Bertz CT molecular complexity index is 605. The van der Waals surface area contributed by atoms with Crippen molar-refractivity contribution in [1.29, 1.82) is 0 Å². The van der Waals surface area contributed by atoms with Crippen LogP contribution in [0.5, 0.6) is 0 Å². The Kier molecular flexibility index (Phi) is 6.04. The van der Waals surface area contributed by atoms with E-state index < -0.39 is 17.9 Å². The smallest absolute Gasteiger partial charge is 0.326 e. The number of thioether (sulfide) groups is 1. The molecule has 0 spiro atoms. The highest BCUT2D eigenvalue weighted by Gasteiger charge is 2.27. The van der Waals surface area contributed by atoms with Gasteiger partial charge in [0.05, 0.1) is 11.4 Å². The molecule has 1 aliphatic heterocycles. The summed E-state index contributed by atoms with van der Waals surface area (Å²) in [4.78, 5) is 37.8. The number of fused-ring (bicyclic) bond motifs is 1. The number of carboxylic acid groups (broad SMARTS) is 1. The Morgan fingerprint density at radius 1 is 1.39 bits per heavy atom. The Balaban J connectivity index is 2.04. The summed E-state index contributed by atoms with van der Waals surface area (Å²) in [5.74, 6) is -1.37. The minimum absolute atomic E-state index is 0.149. The molecule has 6 nitrogen and oxygen atoms in total. The Hall–Kier alpha value is -2.02. The van der Waals surface area contributed by atoms with Crippen LogP contribution in [0.15, 0.2) is 29.2 Å². The number of nitrogens with one attached hydrogen (secondary N) is 1. The third kappa shape index (κ3) is 4.48. The predicted octanol–water partition coefficient (Wildman–Crippen LogP) is 1.88. The van der Waals surface area contributed by atoms with Crippen molar-refractivity contribution in [3.63, 3.8) is 0 Å². The minimum atomic E-state index is -1.05. The number of aliphatic carboxylic acids is 1. The van der Waals surface area contributed by atoms with Crippen LogP contribution in [0.25, 0.3) is 0 Å². The molecule has 0 aliphatic carbocycles. The fraction of sp³-hybridized carbons (Fsp3) is 0.438. The number of hydrogen-bond acceptors (Lipinski definition) is 4. The second kappa shape index (κ2) is 8.01. The molecule has 1 aliphatic rings. The second-order valence-corrected chi connectivity index (χ2v) is 6.35. The molecular formula is C16H20N2O4S. The van der Waals surface area contributed by atoms with Crippen molar-refractivity contribution in [3.8, 4) is 0 Å². The second-order valence-electron chi connectivity index (χ2n) is 5.34. The molecule has 2 rings (SSSR count). The van der Waals surface area contributed by atoms with Gasteiger partial charge in [0.1, 0.15) is 12.6 Å². The van der Waals surface area contributed by atoms with Crippen molar-refractivity contribution in [2.45, 2.75) is 37.1 Å². The molecule has 1 heterocycles. The molecule has 0 radical (unpaired) electrons. The van der Waals surface area contributed by atoms with E-state index >= 15 is 0 Å². The third-order valence-corrected chi connectivity index (χ3v) is 4.64. The van der Waals surface area contributed by atoms with Gasteiger partial charge in [-0.15, -0.1) is 11.8 Å². The first-order valence-electron chi connectivity index (χ1n) is 7.57. The van der Waals surface area contributed by atoms with Crippen molar-refractivity contribution in [2.24, 2.45) is 0 Å². The lowest BCUT2D eigenvalue weighted by Crippen LogP contribution is -2.48. The van der Waals surface area contributed by atoms with E-state index in [1.165, 1.54) is 16.7 Å². The van der Waals surface area contributed by atoms with Crippen LogP contribution >= 0.6 is 11.8 Å². The van der Waals surface area contributed by atoms with Gasteiger partial charge in [0.2, 0.25) is 11.8 Å². The van der Waals surface area contributed by atoms with Gasteiger partial charge in [-0.3, -0.25) is 9.59 Å². The van der Waals surface area contributed by atoms with Crippen LogP contribution in [0.4, 0.5) is 5.69 Å². The largest absolute Gasteiger partial charge is 0.480 e. The van der Waals surface area contributed by atoms with Crippen LogP contribution in [-0.2, 0) is 14.4 Å². The van der Waals surface area contributed by atoms with Gasteiger partial charge in [0, 0.05) is 4.90 Å². The maximum absolute atomic E-state index is 12.2. The Labute approximate surface area is 139 Å². The zero-order valence-corrected chi connectivity index (χ0v) is 13.8. The number of hydrogen-bond donors (Lipinski definition) is 2. The van der Waals surface area contributed by atoms with Crippen molar-refractivity contribution >= 4 is 35.2 Å². The summed E-state index contributed by atoms with van der Waals surface area (Å²) in [5.41, 5.74) is 0.698. The molecule has 7 heteroatoms. The standard InChI is InChI=1S/C16H20N2O4S/c1-2-3-6-11(16(21)22)17-14(19)9-18-12-7-4-5-8-13(12)23-10-15(18)20/h4-5,7-8,11H,2-3,6,9-10H2,1H3,(H,17,19)(H,21,22). The van der Waals surface area contributed by atoms with E-state index in [0.29, 0.717) is 12.1 Å². The molecule has 2 amide bonds. The monoisotopic (exact) mass is 336 g/mol. The van der Waals surface area contributed by atoms with Crippen LogP contribution in [0.1, 0.15) is 26.2 Å². The van der Waals surface area contributed by atoms with Gasteiger partial charge in [-0.05, 0) is 18.6 Å². The van der Waals surface area contributed by atoms with Gasteiger partial charge >= 0.3 is 5.97 Å². The summed E-state index contributed by atoms with van der Waals surface area (Å²) in [5, 5.41) is 11.7. The summed E-state index contributed by atoms with van der Waals surface area (Å²) < 4.78 is 0. The van der Waals surface area contributed by atoms with Gasteiger partial charge in [-0.2, -0.15) is 0 Å². The van der Waals surface area contributed by atoms with Gasteiger partial charge in [0.15, 0.2) is 0 Å². The van der Waals surface area contributed by atoms with Crippen LogP contribution in [0, 0.1) is 0 Å². The lowest BCUT2D eigenvalue weighted by atomic mass is 10.1. The van der Waals surface area contributed by atoms with Crippen molar-refractivity contribution in [1.82, 2.24) is 5.32 Å². The Morgan fingerprint density at radius 3 is 2.83 bits per heavy atom. The number of para-hydroxylation sites is 1. The van der Waals surface area contributed by atoms with Crippen LogP contribution in [0.2, 0.25) is 0 Å². The van der Waals surface area contributed by atoms with Crippen LogP contribution in [-0.4, -0.2) is 41.2 Å². The topological polar surface area (TPSA) is 86.7 Å². The summed E-state index contributed by atoms with van der Waals surface area (Å²) >= 11 is 1.44. The van der Waals surface area contributed by atoms with E-state index in [9.17, 15) is 14.4 Å². The number of nitrogens with zero attached hydrogens (tertiary/aromatic N) is 1. The molecule has 124 valence electrons. The van der Waals surface area contributed by atoms with E-state index in [-0.39, 0.29) is 18.2 Å². The van der Waals surface area contributed by atoms with Gasteiger partial charge < -0.3 is 15.3 Å². The lowest BCUT2D eigenvalue weighted by Gasteiger charge is -2.28. The van der Waals surface area contributed by atoms with E-state index in [1.807, 2.05) is 25.1 Å². The number of carboxylic acids is 1. The molecule has 1 aromatic rings. The van der Waals surface area contributed by atoms with Crippen molar-refractivity contribution in [2.75, 3.05) is 17.2 Å². The average Bonchev–Trinajstić information content (AvgIpc) is 2.54. The van der Waals surface area contributed by atoms with Crippen molar-refractivity contribution in [3.05, 3.63) is 24.3 Å². The zero-order valence-electron chi connectivity index (χ0n) is 12.9. The fourth-order valence-corrected chi connectivity index (χ4v) is 3.31. The van der Waals surface area contributed by atoms with E-state index in [4.69, 9.17) is 5.11 Å². The quantitative estimate of drug-likeness (QED) is 0.794. The first-order chi connectivity index (χ1) is 11.0. The summed E-state index contributed by atoms with van der Waals surface area (Å²) in [6, 6.07) is 6.47. The summed E-state index contributed by atoms with van der Waals surface area (Å²) in [6.45, 7) is 1.80. The maximum Gasteiger partial charge on any atom is 0.326 e. The molecular weight excluding hydrogens is 316 g/mol. The average molecular weight is 336 g/mol. The zero-order chi connectivity index (χ0) is 16.8. The van der Waals surface area contributed by atoms with Crippen LogP contribution < -0.4 is 10.2 Å².